The van der Waals surface area contributed by atoms with Crippen molar-refractivity contribution in [2.24, 2.45) is 0 Å². The van der Waals surface area contributed by atoms with Crippen molar-refractivity contribution >= 4 is 35.3 Å². The number of benzene rings is 2. The fourth-order valence-corrected chi connectivity index (χ4v) is 6.25. The summed E-state index contributed by atoms with van der Waals surface area (Å²) in [6, 6.07) is 12.9. The smallest absolute Gasteiger partial charge is 0.303 e. The summed E-state index contributed by atoms with van der Waals surface area (Å²) in [6.45, 7) is 17.5. The highest BCUT2D eigenvalue weighted by Gasteiger charge is 2.36. The van der Waals surface area contributed by atoms with Gasteiger partial charge in [0.05, 0.1) is 19.9 Å². The van der Waals surface area contributed by atoms with Gasteiger partial charge in [-0.25, -0.2) is 9.13 Å². The lowest BCUT2D eigenvalue weighted by atomic mass is 9.59. The Morgan fingerprint density at radius 3 is 1.68 bits per heavy atom. The Kier molecular flexibility index (Phi) is 10.9. The number of ether oxygens (including phenoxy) is 2. The summed E-state index contributed by atoms with van der Waals surface area (Å²) in [5.41, 5.74) is 7.66. The highest BCUT2D eigenvalue weighted by atomic mass is 35.5. The van der Waals surface area contributed by atoms with E-state index in [1.165, 1.54) is 36.5 Å². The molecule has 6 nitrogen and oxygen atoms in total. The van der Waals surface area contributed by atoms with E-state index < -0.39 is 23.9 Å². The Labute approximate surface area is 251 Å². The molecular weight excluding hydrogens is 535 g/mol. The first kappa shape index (κ1) is 32.5. The van der Waals surface area contributed by atoms with Crippen LogP contribution in [0.4, 0.5) is 0 Å². The third kappa shape index (κ3) is 6.72. The van der Waals surface area contributed by atoms with Crippen LogP contribution >= 0.6 is 11.5 Å². The minimum absolute atomic E-state index is 0.163. The van der Waals surface area contributed by atoms with Crippen LogP contribution in [0.3, 0.4) is 0 Å². The van der Waals surface area contributed by atoms with Gasteiger partial charge in [-0.15, -0.1) is 0 Å². The Hall–Kier alpha value is -3.06. The number of esters is 2. The zero-order chi connectivity index (χ0) is 30.6. The number of carbonyl (C=O) groups excluding carboxylic acids is 2. The number of carbonyl (C=O) groups is 2. The highest BCUT2D eigenvalue weighted by molar-refractivity contribution is 7.15. The first-order chi connectivity index (χ1) is 19.3. The van der Waals surface area contributed by atoms with Gasteiger partial charge in [-0.05, 0) is 29.5 Å². The van der Waals surface area contributed by atoms with Crippen molar-refractivity contribution in [1.82, 2.24) is 4.57 Å². The molecule has 0 spiro atoms. The Bertz CT molecular complexity index is 1250. The second kappa shape index (κ2) is 13.7. The number of para-hydroxylation sites is 2. The molecule has 0 unspecified atom stereocenters. The van der Waals surface area contributed by atoms with Gasteiger partial charge in [-0.2, -0.15) is 0 Å². The lowest BCUT2D eigenvalue weighted by Gasteiger charge is -2.27. The molecule has 1 heterocycles. The lowest BCUT2D eigenvalue weighted by molar-refractivity contribution is -0.577. The van der Waals surface area contributed by atoms with Gasteiger partial charge in [-0.3, -0.25) is 9.59 Å². The van der Waals surface area contributed by atoms with Gasteiger partial charge in [0, 0.05) is 28.7 Å². The maximum atomic E-state index is 13.2. The van der Waals surface area contributed by atoms with Crippen molar-refractivity contribution < 1.29 is 23.6 Å². The fraction of sp³-hybridized carbons (Fsp3) is 0.485. The number of aromatic nitrogens is 2. The first-order valence-electron chi connectivity index (χ1n) is 14.7. The number of halogens is 1. The standard InChI is InChI=1S/C33H46BClN2O4/c1-20(2)24-13-11-14-25(21(3)4)30(24)36-17-18-37(31-26(22(5)6)15-12-16-27(31)23(7)8)33(36)34(35)28(32(39)41-10)19-29(38)40-9/h11-18,20-23,28,34H,19H2,1-10H3/t28-,34+/m1/s1. The molecule has 0 saturated heterocycles. The molecule has 2 atom stereocenters. The molecule has 222 valence electrons. The van der Waals surface area contributed by atoms with Crippen LogP contribution in [-0.4, -0.2) is 36.9 Å². The molecule has 41 heavy (non-hydrogen) atoms. The van der Waals surface area contributed by atoms with E-state index in [4.69, 9.17) is 20.9 Å². The molecule has 2 aromatic carbocycles. The van der Waals surface area contributed by atoms with E-state index in [0.29, 0.717) is 0 Å². The third-order valence-electron chi connectivity index (χ3n) is 8.00. The largest absolute Gasteiger partial charge is 0.471 e. The quantitative estimate of drug-likeness (QED) is 0.147. The van der Waals surface area contributed by atoms with Crippen molar-refractivity contribution in [2.75, 3.05) is 14.2 Å². The number of hydrogen-bond acceptors (Lipinski definition) is 4. The number of rotatable bonds is 11. The van der Waals surface area contributed by atoms with Gasteiger partial charge in [0.1, 0.15) is 23.8 Å². The SMILES string of the molecule is COC(=O)C[C@@H]([B@H-](Cl)c1n(-c2c(C(C)C)cccc2C(C)C)cc[n+]1-c1c(C(C)C)cccc1C(C)C)C(=O)OC. The highest BCUT2D eigenvalue weighted by Crippen LogP contribution is 2.33. The molecule has 3 rings (SSSR count). The Morgan fingerprint density at radius 1 is 0.805 bits per heavy atom. The van der Waals surface area contributed by atoms with Gasteiger partial charge in [0.25, 0.3) is 5.97 Å². The summed E-state index contributed by atoms with van der Waals surface area (Å²) in [5, 5.41) is 0. The second-order valence-electron chi connectivity index (χ2n) is 12.1. The van der Waals surface area contributed by atoms with Crippen molar-refractivity contribution in [3.8, 4) is 11.4 Å². The predicted octanol–water partition coefficient (Wildman–Crippen LogP) is 6.52. The molecule has 8 heteroatoms. The molecule has 0 N–H and O–H groups in total. The summed E-state index contributed by atoms with van der Waals surface area (Å²) < 4.78 is 14.5. The molecular formula is C33H46BClN2O4. The zero-order valence-corrected chi connectivity index (χ0v) is 27.1. The van der Waals surface area contributed by atoms with E-state index in [9.17, 15) is 9.59 Å². The molecule has 0 amide bonds. The Balaban J connectivity index is 2.52. The minimum Gasteiger partial charge on any atom is -0.471 e. The maximum Gasteiger partial charge on any atom is 0.303 e. The minimum atomic E-state index is -2.03. The average Bonchev–Trinajstić information content (AvgIpc) is 3.38. The average molecular weight is 581 g/mol. The summed E-state index contributed by atoms with van der Waals surface area (Å²) in [6.07, 6.45) is 1.92. The normalized spacial score (nSPS) is 13.2. The number of nitrogens with zero attached hydrogens (tertiary/aromatic N) is 2. The van der Waals surface area contributed by atoms with Crippen LogP contribution < -0.4 is 10.3 Å². The van der Waals surface area contributed by atoms with Gasteiger partial charge in [0.15, 0.2) is 0 Å². The molecule has 3 aromatic rings. The maximum absolute atomic E-state index is 13.2. The molecule has 1 aromatic heterocycles. The van der Waals surface area contributed by atoms with Crippen molar-refractivity contribution in [1.29, 1.82) is 0 Å². The van der Waals surface area contributed by atoms with Crippen LogP contribution in [0.15, 0.2) is 48.8 Å². The number of methoxy groups -OCH3 is 2. The van der Waals surface area contributed by atoms with Crippen LogP contribution in [0.5, 0.6) is 0 Å². The summed E-state index contributed by atoms with van der Waals surface area (Å²) in [4.78, 5) is 25.7. The van der Waals surface area contributed by atoms with E-state index in [1.807, 2.05) is 0 Å². The monoisotopic (exact) mass is 580 g/mol. The van der Waals surface area contributed by atoms with Gasteiger partial charge in [0.2, 0.25) is 6.13 Å². The molecule has 0 aliphatic heterocycles. The summed E-state index contributed by atoms with van der Waals surface area (Å²) >= 11 is 7.46. The van der Waals surface area contributed by atoms with Crippen LogP contribution in [0.1, 0.15) is 108 Å². The van der Waals surface area contributed by atoms with E-state index in [0.717, 1.165) is 17.1 Å². The van der Waals surface area contributed by atoms with Crippen LogP contribution in [0.2, 0.25) is 5.82 Å². The molecule has 0 fully saturated rings. The molecule has 0 aliphatic carbocycles. The van der Waals surface area contributed by atoms with Crippen molar-refractivity contribution in [3.05, 3.63) is 71.0 Å². The van der Waals surface area contributed by atoms with Gasteiger partial charge < -0.3 is 20.9 Å². The number of imidazole rings is 1. The van der Waals surface area contributed by atoms with E-state index in [-0.39, 0.29) is 30.1 Å². The van der Waals surface area contributed by atoms with Crippen LogP contribution in [-0.2, 0) is 19.1 Å². The topological polar surface area (TPSA) is 61.4 Å². The predicted molar refractivity (Wildman–Crippen MR) is 169 cm³/mol. The first-order valence-corrected chi connectivity index (χ1v) is 15.3. The van der Waals surface area contributed by atoms with Crippen LogP contribution in [0, 0.1) is 0 Å². The summed E-state index contributed by atoms with van der Waals surface area (Å²) in [5.74, 6) is -0.912. The molecule has 0 saturated carbocycles. The molecule has 0 aliphatic rings. The Morgan fingerprint density at radius 2 is 1.27 bits per heavy atom. The fourth-order valence-electron chi connectivity index (χ4n) is 5.76. The van der Waals surface area contributed by atoms with E-state index >= 15 is 0 Å². The van der Waals surface area contributed by atoms with Gasteiger partial charge in [-0.1, -0.05) is 91.8 Å². The lowest BCUT2D eigenvalue weighted by Crippen LogP contribution is -2.58. The van der Waals surface area contributed by atoms with Crippen molar-refractivity contribution in [3.63, 3.8) is 0 Å². The number of hydrogen-bond donors (Lipinski definition) is 0. The van der Waals surface area contributed by atoms with Crippen molar-refractivity contribution in [2.45, 2.75) is 91.3 Å². The summed E-state index contributed by atoms with van der Waals surface area (Å²) in [7, 11) is 2.65. The molecule has 0 radical (unpaired) electrons. The van der Waals surface area contributed by atoms with E-state index in [1.54, 1.807) is 0 Å². The van der Waals surface area contributed by atoms with Crippen LogP contribution in [0.25, 0.3) is 11.4 Å². The van der Waals surface area contributed by atoms with E-state index in [2.05, 4.69) is 113 Å². The second-order valence-corrected chi connectivity index (χ2v) is 12.7. The zero-order valence-electron chi connectivity index (χ0n) is 26.3. The third-order valence-corrected chi connectivity index (χ3v) is 8.61. The molecule has 0 bridgehead atoms. The van der Waals surface area contributed by atoms with Gasteiger partial charge >= 0.3 is 5.97 Å².